The molecule has 0 bridgehead atoms. The van der Waals surface area contributed by atoms with Gasteiger partial charge in [0.2, 0.25) is 5.91 Å². The zero-order chi connectivity index (χ0) is 14.4. The number of nitrogens with zero attached hydrogens (tertiary/aromatic N) is 4. The second kappa shape index (κ2) is 6.96. The number of benzene rings is 1. The van der Waals surface area contributed by atoms with Crippen LogP contribution in [0.25, 0.3) is 10.4 Å². The number of azide groups is 1. The Balaban J connectivity index is 2.10. The second-order valence-corrected chi connectivity index (χ2v) is 5.33. The third-order valence-electron chi connectivity index (χ3n) is 4.11. The number of hydrogen-bond donors (Lipinski definition) is 0. The van der Waals surface area contributed by atoms with Crippen molar-refractivity contribution in [2.45, 2.75) is 38.8 Å². The Hall–Kier alpha value is -2.00. The maximum Gasteiger partial charge on any atom is 0.228 e. The molecule has 0 heterocycles. The second-order valence-electron chi connectivity index (χ2n) is 5.33. The lowest BCUT2D eigenvalue weighted by atomic mass is 9.79. The van der Waals surface area contributed by atoms with E-state index in [1.54, 1.807) is 0 Å². The fourth-order valence-electron chi connectivity index (χ4n) is 2.60. The first-order valence-electron chi connectivity index (χ1n) is 7.06. The third kappa shape index (κ3) is 3.52. The first-order chi connectivity index (χ1) is 9.72. The highest BCUT2D eigenvalue weighted by molar-refractivity contribution is 5.78. The number of rotatable bonds is 6. The normalized spacial score (nSPS) is 15.8. The summed E-state index contributed by atoms with van der Waals surface area (Å²) in [6.07, 6.45) is 3.61. The van der Waals surface area contributed by atoms with Gasteiger partial charge in [-0.2, -0.15) is 0 Å². The van der Waals surface area contributed by atoms with Crippen LogP contribution >= 0.6 is 0 Å². The quantitative estimate of drug-likeness (QED) is 0.444. The summed E-state index contributed by atoms with van der Waals surface area (Å²) in [4.78, 5) is 16.8. The summed E-state index contributed by atoms with van der Waals surface area (Å²) in [5.41, 5.74) is 9.48. The highest BCUT2D eigenvalue weighted by Gasteiger charge is 2.30. The SMILES string of the molecule is C[C@H](C1CCC1)N(Cc1ccccc1)C(=O)CN=[N+]=[N-]. The van der Waals surface area contributed by atoms with Crippen molar-refractivity contribution in [1.82, 2.24) is 4.90 Å². The van der Waals surface area contributed by atoms with E-state index >= 15 is 0 Å². The summed E-state index contributed by atoms with van der Waals surface area (Å²) in [6, 6.07) is 10.1. The zero-order valence-corrected chi connectivity index (χ0v) is 11.8. The molecule has 0 aliphatic heterocycles. The highest BCUT2D eigenvalue weighted by Crippen LogP contribution is 2.32. The fraction of sp³-hybridized carbons (Fsp3) is 0.533. The standard InChI is InChI=1S/C15H20N4O/c1-12(14-8-5-9-14)19(15(20)10-17-18-16)11-13-6-3-2-4-7-13/h2-4,6-7,12,14H,5,8-11H2,1H3/t12-/m1/s1. The molecule has 2 rings (SSSR count). The van der Waals surface area contributed by atoms with E-state index in [1.165, 1.54) is 19.3 Å². The highest BCUT2D eigenvalue weighted by atomic mass is 16.2. The topological polar surface area (TPSA) is 69.1 Å². The van der Waals surface area contributed by atoms with Crippen molar-refractivity contribution in [2.24, 2.45) is 11.0 Å². The van der Waals surface area contributed by atoms with E-state index < -0.39 is 0 Å². The van der Waals surface area contributed by atoms with Crippen LogP contribution in [0.3, 0.4) is 0 Å². The minimum Gasteiger partial charge on any atom is -0.335 e. The lowest BCUT2D eigenvalue weighted by Crippen LogP contribution is -2.45. The largest absolute Gasteiger partial charge is 0.335 e. The third-order valence-corrected chi connectivity index (χ3v) is 4.11. The van der Waals surface area contributed by atoms with Crippen LogP contribution in [0.1, 0.15) is 31.7 Å². The number of carbonyl (C=O) groups excluding carboxylic acids is 1. The van der Waals surface area contributed by atoms with Crippen molar-refractivity contribution >= 4 is 5.91 Å². The molecule has 5 heteroatoms. The summed E-state index contributed by atoms with van der Waals surface area (Å²) in [5.74, 6) is 0.486. The van der Waals surface area contributed by atoms with Crippen LogP contribution < -0.4 is 0 Å². The van der Waals surface area contributed by atoms with Crippen LogP contribution in [0.5, 0.6) is 0 Å². The van der Waals surface area contributed by atoms with E-state index in [1.807, 2.05) is 35.2 Å². The van der Waals surface area contributed by atoms with Gasteiger partial charge < -0.3 is 4.90 Å². The molecule has 1 aromatic carbocycles. The predicted molar refractivity (Wildman–Crippen MR) is 77.8 cm³/mol. The molecule has 106 valence electrons. The molecule has 0 aromatic heterocycles. The molecule has 1 aliphatic carbocycles. The Kier molecular flexibility index (Phi) is 5.02. The Bertz CT molecular complexity index is 492. The van der Waals surface area contributed by atoms with Gasteiger partial charge in [-0.15, -0.1) is 0 Å². The molecule has 1 aromatic rings. The van der Waals surface area contributed by atoms with E-state index in [0.717, 1.165) is 5.56 Å². The summed E-state index contributed by atoms with van der Waals surface area (Å²) >= 11 is 0. The van der Waals surface area contributed by atoms with Crippen LogP contribution in [0.4, 0.5) is 0 Å². The van der Waals surface area contributed by atoms with Crippen molar-refractivity contribution in [3.63, 3.8) is 0 Å². The van der Waals surface area contributed by atoms with Gasteiger partial charge in [0, 0.05) is 17.5 Å². The number of carbonyl (C=O) groups is 1. The maximum atomic E-state index is 12.3. The molecule has 0 unspecified atom stereocenters. The molecule has 1 saturated carbocycles. The van der Waals surface area contributed by atoms with Gasteiger partial charge in [-0.05, 0) is 36.8 Å². The van der Waals surface area contributed by atoms with Crippen LogP contribution in [-0.2, 0) is 11.3 Å². The number of amides is 1. The first kappa shape index (κ1) is 14.4. The summed E-state index contributed by atoms with van der Waals surface area (Å²) in [7, 11) is 0. The van der Waals surface area contributed by atoms with Crippen LogP contribution in [-0.4, -0.2) is 23.4 Å². The molecule has 20 heavy (non-hydrogen) atoms. The zero-order valence-electron chi connectivity index (χ0n) is 11.8. The van der Waals surface area contributed by atoms with Gasteiger partial charge in [0.1, 0.15) is 6.54 Å². The molecule has 0 saturated heterocycles. The molecule has 0 N–H and O–H groups in total. The van der Waals surface area contributed by atoms with Crippen molar-refractivity contribution in [2.75, 3.05) is 6.54 Å². The summed E-state index contributed by atoms with van der Waals surface area (Å²) in [6.45, 7) is 2.58. The number of hydrogen-bond acceptors (Lipinski definition) is 2. The molecule has 5 nitrogen and oxygen atoms in total. The summed E-state index contributed by atoms with van der Waals surface area (Å²) in [5, 5.41) is 3.41. The fourth-order valence-corrected chi connectivity index (χ4v) is 2.60. The average molecular weight is 272 g/mol. The van der Waals surface area contributed by atoms with Crippen LogP contribution in [0.15, 0.2) is 35.4 Å². The smallest absolute Gasteiger partial charge is 0.228 e. The average Bonchev–Trinajstić information content (AvgIpc) is 2.41. The molecular weight excluding hydrogens is 252 g/mol. The Labute approximate surface area is 119 Å². The molecule has 1 aliphatic rings. The van der Waals surface area contributed by atoms with Gasteiger partial charge in [-0.1, -0.05) is 41.9 Å². The Morgan fingerprint density at radius 3 is 2.70 bits per heavy atom. The molecule has 0 radical (unpaired) electrons. The van der Waals surface area contributed by atoms with Gasteiger partial charge in [0.15, 0.2) is 0 Å². The monoisotopic (exact) mass is 272 g/mol. The van der Waals surface area contributed by atoms with Crippen molar-refractivity contribution in [1.29, 1.82) is 0 Å². The predicted octanol–water partition coefficient (Wildman–Crippen LogP) is 3.51. The lowest BCUT2D eigenvalue weighted by molar-refractivity contribution is -0.134. The molecule has 1 fully saturated rings. The summed E-state index contributed by atoms with van der Waals surface area (Å²) < 4.78 is 0. The van der Waals surface area contributed by atoms with Crippen molar-refractivity contribution < 1.29 is 4.79 Å². The van der Waals surface area contributed by atoms with E-state index in [-0.39, 0.29) is 18.5 Å². The van der Waals surface area contributed by atoms with E-state index in [4.69, 9.17) is 5.53 Å². The maximum absolute atomic E-state index is 12.3. The van der Waals surface area contributed by atoms with Crippen molar-refractivity contribution in [3.05, 3.63) is 46.3 Å². The lowest BCUT2D eigenvalue weighted by Gasteiger charge is -2.39. The van der Waals surface area contributed by atoms with E-state index in [0.29, 0.717) is 12.5 Å². The molecule has 0 spiro atoms. The van der Waals surface area contributed by atoms with E-state index in [2.05, 4.69) is 16.9 Å². The molecule has 1 atom stereocenters. The first-order valence-corrected chi connectivity index (χ1v) is 7.06. The van der Waals surface area contributed by atoms with E-state index in [9.17, 15) is 4.79 Å². The van der Waals surface area contributed by atoms with Gasteiger partial charge in [0.25, 0.3) is 0 Å². The minimum atomic E-state index is -0.0968. The Morgan fingerprint density at radius 2 is 2.15 bits per heavy atom. The van der Waals surface area contributed by atoms with Crippen molar-refractivity contribution in [3.8, 4) is 0 Å². The Morgan fingerprint density at radius 1 is 1.45 bits per heavy atom. The van der Waals surface area contributed by atoms with Gasteiger partial charge in [-0.25, -0.2) is 0 Å². The molecular formula is C15H20N4O. The van der Waals surface area contributed by atoms with Crippen LogP contribution in [0.2, 0.25) is 0 Å². The van der Waals surface area contributed by atoms with Crippen LogP contribution in [0, 0.1) is 5.92 Å². The van der Waals surface area contributed by atoms with Gasteiger partial charge >= 0.3 is 0 Å². The van der Waals surface area contributed by atoms with Gasteiger partial charge in [0.05, 0.1) is 0 Å². The molecule has 1 amide bonds. The minimum absolute atomic E-state index is 0.0916. The van der Waals surface area contributed by atoms with Gasteiger partial charge in [-0.3, -0.25) is 4.79 Å².